The van der Waals surface area contributed by atoms with E-state index in [0.29, 0.717) is 31.8 Å². The second kappa shape index (κ2) is 13.2. The highest BCUT2D eigenvalue weighted by Gasteiger charge is 2.66. The maximum Gasteiger partial charge on any atom is 0.514 e. The molecule has 2 aliphatic heterocycles. The van der Waals surface area contributed by atoms with Gasteiger partial charge in [-0.1, -0.05) is 27.2 Å². The molecular weight excluding hydrogens is 668 g/mol. The highest BCUT2D eigenvalue weighted by Crippen LogP contribution is 2.58. The predicted molar refractivity (Wildman–Crippen MR) is 192 cm³/mol. The number of aliphatic hydroxyl groups is 2. The smallest absolute Gasteiger partial charge is 0.507 e. The molecule has 1 saturated carbocycles. The van der Waals surface area contributed by atoms with Crippen molar-refractivity contribution in [2.75, 3.05) is 51.8 Å². The molecule has 7 rings (SSSR count). The largest absolute Gasteiger partial charge is 0.514 e. The number of ether oxygens (including phenoxy) is 3. The van der Waals surface area contributed by atoms with Crippen molar-refractivity contribution in [3.63, 3.8) is 0 Å². The lowest BCUT2D eigenvalue weighted by atomic mass is 9.57. The number of carbonyl (C=O) groups excluding carboxylic acids is 3. The normalized spacial score (nSPS) is 28.2. The number of fused-ring (bicyclic) bond motifs is 8. The highest BCUT2D eigenvalue weighted by molar-refractivity contribution is 6.26. The molecule has 1 aromatic carbocycles. The Hall–Kier alpha value is -3.94. The first-order chi connectivity index (χ1) is 24.7. The number of Topliss-reactive ketones (excluding diaryl/α,β-unsaturated/α-hetero) is 2. The summed E-state index contributed by atoms with van der Waals surface area (Å²) in [7, 11) is 4.13. The summed E-state index contributed by atoms with van der Waals surface area (Å²) in [6, 6.07) is 1.22. The van der Waals surface area contributed by atoms with Crippen LogP contribution in [-0.4, -0.2) is 101 Å². The number of ketones is 2. The fourth-order valence-corrected chi connectivity index (χ4v) is 9.62. The van der Waals surface area contributed by atoms with E-state index in [4.69, 9.17) is 18.7 Å². The summed E-state index contributed by atoms with van der Waals surface area (Å²) < 4.78 is 23.2. The van der Waals surface area contributed by atoms with Crippen LogP contribution in [0.3, 0.4) is 0 Å². The van der Waals surface area contributed by atoms with Gasteiger partial charge >= 0.3 is 6.16 Å². The summed E-state index contributed by atoms with van der Waals surface area (Å²) in [5.74, 6) is -2.87. The molecule has 3 heterocycles. The third-order valence-electron chi connectivity index (χ3n) is 11.8. The molecule has 1 saturated heterocycles. The van der Waals surface area contributed by atoms with Crippen LogP contribution in [0.5, 0.6) is 11.6 Å². The molecule has 2 unspecified atom stereocenters. The summed E-state index contributed by atoms with van der Waals surface area (Å²) in [4.78, 5) is 49.2. The molecule has 52 heavy (non-hydrogen) atoms. The summed E-state index contributed by atoms with van der Waals surface area (Å²) in [5, 5.41) is 29.0. The van der Waals surface area contributed by atoms with Gasteiger partial charge < -0.3 is 33.8 Å². The minimum absolute atomic E-state index is 0.0327. The zero-order chi connectivity index (χ0) is 37.4. The number of carbonyl (C=O) groups is 3. The highest BCUT2D eigenvalue weighted by atomic mass is 16.7. The molecule has 5 aliphatic rings. The van der Waals surface area contributed by atoms with Crippen LogP contribution < -0.4 is 14.4 Å². The van der Waals surface area contributed by atoms with E-state index >= 15 is 0 Å². The topological polar surface area (TPSA) is 155 Å². The molecule has 0 spiro atoms. The van der Waals surface area contributed by atoms with Gasteiger partial charge in [-0.25, -0.2) is 4.79 Å². The maximum atomic E-state index is 14.9. The van der Waals surface area contributed by atoms with Gasteiger partial charge in [-0.05, 0) is 107 Å². The van der Waals surface area contributed by atoms with E-state index in [1.54, 1.807) is 26.8 Å². The third-order valence-corrected chi connectivity index (χ3v) is 11.8. The van der Waals surface area contributed by atoms with Crippen molar-refractivity contribution in [1.29, 1.82) is 0 Å². The van der Waals surface area contributed by atoms with Crippen molar-refractivity contribution in [1.82, 2.24) is 15.0 Å². The Morgan fingerprint density at radius 2 is 1.87 bits per heavy atom. The van der Waals surface area contributed by atoms with E-state index in [1.807, 2.05) is 27.8 Å². The van der Waals surface area contributed by atoms with Crippen LogP contribution in [-0.2, 0) is 16.0 Å². The monoisotopic (exact) mass is 720 g/mol. The Bertz CT molecular complexity index is 1820. The van der Waals surface area contributed by atoms with Gasteiger partial charge in [-0.3, -0.25) is 19.4 Å². The number of nitrogens with zero attached hydrogens (tertiary/aromatic N) is 4. The van der Waals surface area contributed by atoms with Gasteiger partial charge in [0.15, 0.2) is 11.4 Å². The summed E-state index contributed by atoms with van der Waals surface area (Å²) in [6.07, 6.45) is 2.18. The zero-order valence-electron chi connectivity index (χ0n) is 31.6. The standard InChI is InChI=1S/C39H52N4O9/c1-9-12-15-49-36-28-33(52-40-36)31(43(10-2)11-3)24-17-21-16-22-27(32(44)26(21)34(45)39(24,48)35(28)46)25(50-37(47)51-38(4,5)6)18-23-29-20(13-14-41(29)7)19-42(8)30(22)23/h18,20-21,24,29,31,44,48H,9-17,19H2,1-8H3/t20?,21-,24-,29?,31-,39-/m0/s1. The van der Waals surface area contributed by atoms with Gasteiger partial charge in [0.1, 0.15) is 22.7 Å². The molecule has 2 fully saturated rings. The molecule has 6 atom stereocenters. The molecular formula is C39H52N4O9. The first kappa shape index (κ1) is 36.4. The van der Waals surface area contributed by atoms with Gasteiger partial charge in [0.25, 0.3) is 5.88 Å². The minimum atomic E-state index is -2.52. The predicted octanol–water partition coefficient (Wildman–Crippen LogP) is 5.65. The van der Waals surface area contributed by atoms with E-state index in [9.17, 15) is 24.6 Å². The van der Waals surface area contributed by atoms with Crippen LogP contribution in [0.25, 0.3) is 5.76 Å². The number of rotatable bonds is 8. The Kier molecular flexibility index (Phi) is 9.23. The lowest BCUT2D eigenvalue weighted by Crippen LogP contribution is -2.63. The molecule has 2 N–H and O–H groups in total. The Balaban J connectivity index is 1.40. The van der Waals surface area contributed by atoms with E-state index < -0.39 is 52.6 Å². The number of anilines is 1. The number of aliphatic hydroxyl groups excluding tert-OH is 1. The molecule has 1 aromatic heterocycles. The average Bonchev–Trinajstić information content (AvgIpc) is 3.66. The summed E-state index contributed by atoms with van der Waals surface area (Å²) >= 11 is 0. The Morgan fingerprint density at radius 3 is 2.54 bits per heavy atom. The van der Waals surface area contributed by atoms with Crippen LogP contribution in [0.2, 0.25) is 0 Å². The van der Waals surface area contributed by atoms with Gasteiger partial charge in [0.05, 0.1) is 18.2 Å². The van der Waals surface area contributed by atoms with Gasteiger partial charge in [0, 0.05) is 36.8 Å². The van der Waals surface area contributed by atoms with E-state index in [2.05, 4.69) is 26.9 Å². The molecule has 282 valence electrons. The Morgan fingerprint density at radius 1 is 1.13 bits per heavy atom. The van der Waals surface area contributed by atoms with Crippen molar-refractivity contribution in [3.8, 4) is 11.6 Å². The van der Waals surface area contributed by atoms with Crippen molar-refractivity contribution in [2.24, 2.45) is 17.8 Å². The number of unbranched alkanes of at least 4 members (excludes halogenated alkanes) is 1. The maximum absolute atomic E-state index is 14.9. The first-order valence-electron chi connectivity index (χ1n) is 18.8. The van der Waals surface area contributed by atoms with E-state index in [-0.39, 0.29) is 53.2 Å². The Labute approximate surface area is 304 Å². The molecule has 0 amide bonds. The summed E-state index contributed by atoms with van der Waals surface area (Å²) in [5.41, 5.74) is -0.555. The molecule has 13 nitrogen and oxygen atoms in total. The lowest BCUT2D eigenvalue weighted by molar-refractivity contribution is -0.143. The van der Waals surface area contributed by atoms with Gasteiger partial charge in [0.2, 0.25) is 11.6 Å². The summed E-state index contributed by atoms with van der Waals surface area (Å²) in [6.45, 7) is 14.3. The molecule has 3 aliphatic carbocycles. The quantitative estimate of drug-likeness (QED) is 0.150. The van der Waals surface area contributed by atoms with Crippen molar-refractivity contribution in [3.05, 3.63) is 39.7 Å². The van der Waals surface area contributed by atoms with Crippen LogP contribution in [0, 0.1) is 17.8 Å². The number of likely N-dealkylation sites (tertiary alicyclic amines) is 1. The van der Waals surface area contributed by atoms with E-state index in [1.165, 1.54) is 0 Å². The number of hydrogen-bond donors (Lipinski definition) is 2. The van der Waals surface area contributed by atoms with Crippen LogP contribution in [0.4, 0.5) is 10.5 Å². The van der Waals surface area contributed by atoms with E-state index in [0.717, 1.165) is 42.7 Å². The average molecular weight is 721 g/mol. The third kappa shape index (κ3) is 5.53. The van der Waals surface area contributed by atoms with Crippen molar-refractivity contribution >= 4 is 29.2 Å². The fourth-order valence-electron chi connectivity index (χ4n) is 9.62. The first-order valence-corrected chi connectivity index (χ1v) is 18.8. The van der Waals surface area contributed by atoms with Crippen LogP contribution in [0.1, 0.15) is 112 Å². The van der Waals surface area contributed by atoms with Crippen LogP contribution in [0.15, 0.2) is 16.2 Å². The second-order valence-corrected chi connectivity index (χ2v) is 16.1. The molecule has 0 radical (unpaired) electrons. The van der Waals surface area contributed by atoms with Crippen LogP contribution >= 0.6 is 0 Å². The minimum Gasteiger partial charge on any atom is -0.507 e. The zero-order valence-corrected chi connectivity index (χ0v) is 31.6. The van der Waals surface area contributed by atoms with Gasteiger partial charge in [-0.2, -0.15) is 0 Å². The second-order valence-electron chi connectivity index (χ2n) is 16.1. The molecule has 13 heteroatoms. The lowest BCUT2D eigenvalue weighted by Gasteiger charge is -2.50. The molecule has 2 aromatic rings. The SMILES string of the molecule is CCCCOc1noc2c1C(=O)[C@@]1(O)C(=O)C3=C(O)c4c(OC(=O)OC(C)(C)C)cc5c(c4C[C@H]3C[C@H]1[C@@H]2N(CC)CC)N(C)CC1CCN(C)C51. The fraction of sp³-hybridized carbons (Fsp3) is 0.641. The number of benzene rings is 1. The van der Waals surface area contributed by atoms with Crippen molar-refractivity contribution in [2.45, 2.75) is 96.9 Å². The molecule has 0 bridgehead atoms. The number of aromatic nitrogens is 1. The van der Waals surface area contributed by atoms with Crippen molar-refractivity contribution < 1.29 is 43.3 Å². The number of hydrogen-bond acceptors (Lipinski definition) is 13. The van der Waals surface area contributed by atoms with Gasteiger partial charge in [-0.15, -0.1) is 0 Å².